The van der Waals surface area contributed by atoms with Crippen LogP contribution in [0, 0.1) is 12.7 Å². The first kappa shape index (κ1) is 19.2. The molecule has 1 amide bonds. The van der Waals surface area contributed by atoms with Crippen molar-refractivity contribution in [2.24, 2.45) is 0 Å². The van der Waals surface area contributed by atoms with Crippen LogP contribution >= 0.6 is 23.4 Å². The molecule has 1 aromatic heterocycles. The number of anilines is 1. The minimum absolute atomic E-state index is 0.189. The Morgan fingerprint density at radius 2 is 2.00 bits per heavy atom. The highest BCUT2D eigenvalue weighted by atomic mass is 35.5. The molecule has 27 heavy (non-hydrogen) atoms. The Morgan fingerprint density at radius 1 is 1.26 bits per heavy atom. The first-order chi connectivity index (χ1) is 12.9. The van der Waals surface area contributed by atoms with E-state index >= 15 is 0 Å². The van der Waals surface area contributed by atoms with Crippen LogP contribution in [-0.4, -0.2) is 26.0 Å². The average molecular weight is 406 g/mol. The molecule has 140 valence electrons. The number of hydrogen-bond acceptors (Lipinski definition) is 5. The van der Waals surface area contributed by atoms with Crippen LogP contribution in [0.4, 0.5) is 10.1 Å². The van der Waals surface area contributed by atoms with Gasteiger partial charge in [0.1, 0.15) is 5.82 Å². The van der Waals surface area contributed by atoms with Gasteiger partial charge in [0.2, 0.25) is 11.1 Å². The highest BCUT2D eigenvalue weighted by Crippen LogP contribution is 2.28. The number of hydrogen-bond donors (Lipinski definition) is 2. The lowest BCUT2D eigenvalue weighted by atomic mass is 10.2. The predicted octanol–water partition coefficient (Wildman–Crippen LogP) is 3.88. The summed E-state index contributed by atoms with van der Waals surface area (Å²) in [6.07, 6.45) is 0. The minimum Gasteiger partial charge on any atom is -0.335 e. The van der Waals surface area contributed by atoms with E-state index in [2.05, 4.69) is 15.5 Å². The quantitative estimate of drug-likeness (QED) is 0.497. The zero-order valence-electron chi connectivity index (χ0n) is 14.6. The smallest absolute Gasteiger partial charge is 0.237 e. The van der Waals surface area contributed by atoms with Gasteiger partial charge < -0.3 is 11.2 Å². The minimum atomic E-state index is -0.511. The highest BCUT2D eigenvalue weighted by Gasteiger charge is 2.21. The molecule has 3 rings (SSSR count). The molecule has 0 spiro atoms. The van der Waals surface area contributed by atoms with Crippen molar-refractivity contribution in [3.05, 3.63) is 58.9 Å². The second kappa shape index (κ2) is 7.98. The van der Waals surface area contributed by atoms with Crippen LogP contribution in [0.5, 0.6) is 0 Å². The molecule has 0 unspecified atom stereocenters. The number of carbonyl (C=O) groups excluding carboxylic acids is 1. The molecule has 0 fully saturated rings. The van der Waals surface area contributed by atoms with Gasteiger partial charge in [-0.1, -0.05) is 41.6 Å². The number of nitrogens with two attached hydrogens (primary N) is 1. The van der Waals surface area contributed by atoms with E-state index in [1.807, 2.05) is 6.92 Å². The highest BCUT2D eigenvalue weighted by molar-refractivity contribution is 8.00. The lowest BCUT2D eigenvalue weighted by Crippen LogP contribution is -2.24. The van der Waals surface area contributed by atoms with Gasteiger partial charge >= 0.3 is 0 Å². The molecule has 0 aliphatic rings. The van der Waals surface area contributed by atoms with Crippen LogP contribution < -0.4 is 11.2 Å². The summed E-state index contributed by atoms with van der Waals surface area (Å²) in [7, 11) is 0. The Morgan fingerprint density at radius 3 is 2.74 bits per heavy atom. The number of nitrogens with zero attached hydrogens (tertiary/aromatic N) is 3. The summed E-state index contributed by atoms with van der Waals surface area (Å²) in [6, 6.07) is 11.4. The zero-order chi connectivity index (χ0) is 19.6. The molecule has 2 aromatic carbocycles. The maximum atomic E-state index is 13.9. The Hall–Kier alpha value is -2.58. The summed E-state index contributed by atoms with van der Waals surface area (Å²) in [6.45, 7) is 3.55. The van der Waals surface area contributed by atoms with Crippen molar-refractivity contribution in [2.75, 3.05) is 11.2 Å². The zero-order valence-corrected chi connectivity index (χ0v) is 16.2. The second-order valence-corrected chi connectivity index (χ2v) is 7.53. The van der Waals surface area contributed by atoms with E-state index in [1.54, 1.807) is 43.3 Å². The number of nitrogen functional groups attached to an aromatic ring is 1. The second-order valence-electron chi connectivity index (χ2n) is 5.82. The molecular formula is C18H17ClFN5OS. The van der Waals surface area contributed by atoms with E-state index in [4.69, 9.17) is 17.4 Å². The number of aromatic nitrogens is 3. The van der Waals surface area contributed by atoms with Crippen molar-refractivity contribution in [3.8, 4) is 11.4 Å². The Kier molecular flexibility index (Phi) is 5.67. The van der Waals surface area contributed by atoms with Crippen molar-refractivity contribution in [3.63, 3.8) is 0 Å². The molecule has 0 aliphatic carbocycles. The molecule has 0 saturated heterocycles. The number of rotatable bonds is 5. The van der Waals surface area contributed by atoms with Gasteiger partial charge in [-0.25, -0.2) is 9.07 Å². The largest absolute Gasteiger partial charge is 0.335 e. The number of nitrogens with one attached hydrogen (secondary N) is 1. The molecule has 9 heteroatoms. The Bertz CT molecular complexity index is 994. The Labute approximate surface area is 164 Å². The molecule has 0 bridgehead atoms. The first-order valence-electron chi connectivity index (χ1n) is 8.06. The lowest BCUT2D eigenvalue weighted by molar-refractivity contribution is -0.115. The van der Waals surface area contributed by atoms with Crippen LogP contribution in [0.2, 0.25) is 5.02 Å². The van der Waals surface area contributed by atoms with Crippen molar-refractivity contribution in [1.82, 2.24) is 14.9 Å². The molecule has 3 aromatic rings. The number of amides is 1. The van der Waals surface area contributed by atoms with E-state index in [-0.39, 0.29) is 17.3 Å². The van der Waals surface area contributed by atoms with E-state index in [0.29, 0.717) is 15.9 Å². The summed E-state index contributed by atoms with van der Waals surface area (Å²) in [5.41, 5.74) is 1.67. The fraction of sp³-hybridized carbons (Fsp3) is 0.167. The van der Waals surface area contributed by atoms with Crippen molar-refractivity contribution in [1.29, 1.82) is 0 Å². The van der Waals surface area contributed by atoms with Crippen LogP contribution in [-0.2, 0) is 4.79 Å². The van der Waals surface area contributed by atoms with Gasteiger partial charge in [-0.2, -0.15) is 0 Å². The van der Waals surface area contributed by atoms with E-state index in [9.17, 15) is 9.18 Å². The van der Waals surface area contributed by atoms with Crippen molar-refractivity contribution < 1.29 is 9.18 Å². The number of halogens is 2. The number of benzene rings is 2. The van der Waals surface area contributed by atoms with Crippen LogP contribution in [0.15, 0.2) is 47.6 Å². The third-order valence-electron chi connectivity index (χ3n) is 3.96. The molecule has 3 N–H and O–H groups in total. The molecular weight excluding hydrogens is 389 g/mol. The summed E-state index contributed by atoms with van der Waals surface area (Å²) in [5.74, 6) is 5.51. The number of carbonyl (C=O) groups is 1. The lowest BCUT2D eigenvalue weighted by Gasteiger charge is -2.13. The third kappa shape index (κ3) is 4.06. The van der Waals surface area contributed by atoms with Gasteiger partial charge in [-0.05, 0) is 43.7 Å². The molecule has 6 nitrogen and oxygen atoms in total. The molecule has 1 heterocycles. The maximum absolute atomic E-state index is 13.9. The maximum Gasteiger partial charge on any atom is 0.237 e. The van der Waals surface area contributed by atoms with Crippen LogP contribution in [0.25, 0.3) is 11.4 Å². The summed E-state index contributed by atoms with van der Waals surface area (Å²) in [4.78, 5) is 12.5. The molecule has 1 atom stereocenters. The topological polar surface area (TPSA) is 85.8 Å². The van der Waals surface area contributed by atoms with E-state index < -0.39 is 11.1 Å². The first-order valence-corrected chi connectivity index (χ1v) is 9.32. The summed E-state index contributed by atoms with van der Waals surface area (Å²) >= 11 is 7.20. The van der Waals surface area contributed by atoms with Crippen LogP contribution in [0.1, 0.15) is 12.5 Å². The third-order valence-corrected chi connectivity index (χ3v) is 5.42. The van der Waals surface area contributed by atoms with E-state index in [0.717, 1.165) is 17.3 Å². The summed E-state index contributed by atoms with van der Waals surface area (Å²) in [5, 5.41) is 11.1. The average Bonchev–Trinajstić information content (AvgIpc) is 3.00. The number of thioether (sulfide) groups is 1. The van der Waals surface area contributed by atoms with Gasteiger partial charge in [0, 0.05) is 10.7 Å². The van der Waals surface area contributed by atoms with Crippen molar-refractivity contribution >= 4 is 35.0 Å². The van der Waals surface area contributed by atoms with Gasteiger partial charge in [0.25, 0.3) is 0 Å². The van der Waals surface area contributed by atoms with Crippen molar-refractivity contribution in [2.45, 2.75) is 24.3 Å². The molecule has 0 aliphatic heterocycles. The fourth-order valence-corrected chi connectivity index (χ4v) is 3.32. The van der Waals surface area contributed by atoms with Gasteiger partial charge in [0.05, 0.1) is 10.8 Å². The van der Waals surface area contributed by atoms with Gasteiger partial charge in [-0.15, -0.1) is 10.2 Å². The summed E-state index contributed by atoms with van der Waals surface area (Å²) < 4.78 is 15.1. The van der Waals surface area contributed by atoms with Gasteiger partial charge in [-0.3, -0.25) is 4.79 Å². The Balaban J connectivity index is 1.75. The normalized spacial score (nSPS) is 12.0. The monoisotopic (exact) mass is 405 g/mol. The molecule has 0 saturated carbocycles. The predicted molar refractivity (Wildman–Crippen MR) is 106 cm³/mol. The molecule has 0 radical (unpaired) electrons. The van der Waals surface area contributed by atoms with Crippen LogP contribution in [0.3, 0.4) is 0 Å². The van der Waals surface area contributed by atoms with Gasteiger partial charge in [0.15, 0.2) is 5.82 Å². The SMILES string of the molecule is Cc1c(Cl)cccc1NC(=O)[C@H](C)Sc1nnc(-c2ccccc2F)n1N. The van der Waals surface area contributed by atoms with E-state index in [1.165, 1.54) is 10.7 Å². The fourth-order valence-electron chi connectivity index (χ4n) is 2.37. The standard InChI is InChI=1S/C18H17ClFN5OS/c1-10-13(19)7-5-9-15(10)22-17(26)11(2)27-18-24-23-16(25(18)21)12-6-3-4-8-14(12)20/h3-9,11H,21H2,1-2H3,(H,22,26)/t11-/m0/s1.